The Kier molecular flexibility index (Phi) is 4.81. The molecule has 24 heavy (non-hydrogen) atoms. The number of hydrogen-bond donors (Lipinski definition) is 1. The average Bonchev–Trinajstić information content (AvgIpc) is 3.40. The molecule has 4 nitrogen and oxygen atoms in total. The molecule has 0 bridgehead atoms. The molecule has 0 aromatic heterocycles. The van der Waals surface area contributed by atoms with Crippen molar-refractivity contribution in [1.29, 1.82) is 0 Å². The smallest absolute Gasteiger partial charge is 0.225 e. The first-order valence-electron chi connectivity index (χ1n) is 8.75. The zero-order valence-corrected chi connectivity index (χ0v) is 14.4. The van der Waals surface area contributed by atoms with Gasteiger partial charge in [0, 0.05) is 13.1 Å². The zero-order chi connectivity index (χ0) is 17.3. The molecule has 2 fully saturated rings. The minimum Gasteiger partial charge on any atom is -0.494 e. The second-order valence-corrected chi connectivity index (χ2v) is 7.33. The molecule has 1 saturated carbocycles. The molecule has 0 radical (unpaired) electrons. The zero-order valence-electron chi connectivity index (χ0n) is 14.4. The van der Waals surface area contributed by atoms with Crippen LogP contribution in [0.15, 0.2) is 18.2 Å². The number of amides is 1. The molecule has 1 heterocycles. The van der Waals surface area contributed by atoms with Crippen LogP contribution in [0.5, 0.6) is 5.75 Å². The van der Waals surface area contributed by atoms with Crippen molar-refractivity contribution in [2.24, 2.45) is 5.92 Å². The number of carbonyl (C=O) groups excluding carboxylic acids is 1. The number of aliphatic hydroxyl groups is 1. The molecule has 1 saturated heterocycles. The normalized spacial score (nSPS) is 21.4. The van der Waals surface area contributed by atoms with E-state index < -0.39 is 5.60 Å². The van der Waals surface area contributed by atoms with Gasteiger partial charge in [-0.3, -0.25) is 4.79 Å². The maximum atomic E-state index is 14.4. The van der Waals surface area contributed by atoms with Crippen LogP contribution in [0.2, 0.25) is 0 Å². The first-order chi connectivity index (χ1) is 11.4. The van der Waals surface area contributed by atoms with Crippen LogP contribution >= 0.6 is 0 Å². The minimum atomic E-state index is -0.882. The number of ether oxygens (including phenoxy) is 1. The topological polar surface area (TPSA) is 49.8 Å². The fourth-order valence-corrected chi connectivity index (χ4v) is 3.71. The van der Waals surface area contributed by atoms with Gasteiger partial charge in [0.15, 0.2) is 11.6 Å². The number of halogens is 1. The van der Waals surface area contributed by atoms with Crippen LogP contribution in [0.4, 0.5) is 4.39 Å². The average molecular weight is 335 g/mol. The van der Waals surface area contributed by atoms with Gasteiger partial charge >= 0.3 is 0 Å². The summed E-state index contributed by atoms with van der Waals surface area (Å²) in [7, 11) is 1.47. The highest BCUT2D eigenvalue weighted by Gasteiger charge is 2.42. The molecule has 1 amide bonds. The molecule has 2 aliphatic rings. The van der Waals surface area contributed by atoms with Crippen LogP contribution in [-0.2, 0) is 4.79 Å². The Bertz CT molecular complexity index is 605. The van der Waals surface area contributed by atoms with E-state index in [0.717, 1.165) is 25.7 Å². The van der Waals surface area contributed by atoms with Crippen molar-refractivity contribution in [2.45, 2.75) is 50.5 Å². The van der Waals surface area contributed by atoms with E-state index >= 15 is 0 Å². The Morgan fingerprint density at radius 2 is 2.00 bits per heavy atom. The summed E-state index contributed by atoms with van der Waals surface area (Å²) in [5.41, 5.74) is -0.209. The van der Waals surface area contributed by atoms with Gasteiger partial charge in [-0.15, -0.1) is 0 Å². The van der Waals surface area contributed by atoms with Crippen molar-refractivity contribution >= 4 is 5.91 Å². The Hall–Kier alpha value is -1.62. The van der Waals surface area contributed by atoms with Crippen molar-refractivity contribution in [2.75, 3.05) is 20.2 Å². The van der Waals surface area contributed by atoms with Gasteiger partial charge in [0.1, 0.15) is 0 Å². The van der Waals surface area contributed by atoms with Gasteiger partial charge in [-0.25, -0.2) is 4.39 Å². The number of likely N-dealkylation sites (tertiary alicyclic amines) is 1. The van der Waals surface area contributed by atoms with Crippen LogP contribution in [0.25, 0.3) is 0 Å². The van der Waals surface area contributed by atoms with Crippen LogP contribution in [-0.4, -0.2) is 41.7 Å². The first-order valence-corrected chi connectivity index (χ1v) is 8.75. The fourth-order valence-electron chi connectivity index (χ4n) is 3.71. The largest absolute Gasteiger partial charge is 0.494 e. The van der Waals surface area contributed by atoms with Crippen LogP contribution in [0.1, 0.15) is 50.5 Å². The number of carbonyl (C=O) groups is 1. The molecule has 1 aromatic carbocycles. The van der Waals surface area contributed by atoms with Gasteiger partial charge in [0.25, 0.3) is 0 Å². The molecule has 1 aliphatic carbocycles. The lowest BCUT2D eigenvalue weighted by molar-refractivity contribution is -0.137. The summed E-state index contributed by atoms with van der Waals surface area (Å²) in [5.74, 6) is 0.363. The summed E-state index contributed by atoms with van der Waals surface area (Å²) in [6, 6.07) is 5.23. The van der Waals surface area contributed by atoms with E-state index in [1.807, 2.05) is 11.0 Å². The summed E-state index contributed by atoms with van der Waals surface area (Å²) < 4.78 is 19.4. The lowest BCUT2D eigenvalue weighted by atomic mass is 9.88. The van der Waals surface area contributed by atoms with E-state index in [2.05, 4.69) is 0 Å². The Balaban J connectivity index is 1.58. The van der Waals surface area contributed by atoms with E-state index in [1.54, 1.807) is 19.1 Å². The van der Waals surface area contributed by atoms with E-state index in [-0.39, 0.29) is 35.7 Å². The molecule has 1 aromatic rings. The first kappa shape index (κ1) is 17.2. The van der Waals surface area contributed by atoms with Gasteiger partial charge in [-0.05, 0) is 56.1 Å². The van der Waals surface area contributed by atoms with Crippen molar-refractivity contribution in [3.8, 4) is 5.75 Å². The van der Waals surface area contributed by atoms with Gasteiger partial charge < -0.3 is 14.7 Å². The maximum absolute atomic E-state index is 14.4. The number of methoxy groups -OCH3 is 1. The molecule has 0 spiro atoms. The summed E-state index contributed by atoms with van der Waals surface area (Å²) in [6.07, 6.45) is 3.69. The lowest BCUT2D eigenvalue weighted by Gasteiger charge is -2.34. The number of nitrogens with zero attached hydrogens (tertiary/aromatic N) is 1. The van der Waals surface area contributed by atoms with E-state index in [1.165, 1.54) is 7.11 Å². The summed E-state index contributed by atoms with van der Waals surface area (Å²) in [6.45, 7) is 2.99. The third-order valence-electron chi connectivity index (χ3n) is 5.47. The monoisotopic (exact) mass is 335 g/mol. The summed E-state index contributed by atoms with van der Waals surface area (Å²) in [4.78, 5) is 14.2. The highest BCUT2D eigenvalue weighted by atomic mass is 19.1. The predicted molar refractivity (Wildman–Crippen MR) is 89.5 cm³/mol. The van der Waals surface area contributed by atoms with Crippen LogP contribution < -0.4 is 4.74 Å². The van der Waals surface area contributed by atoms with E-state index in [0.29, 0.717) is 18.7 Å². The fraction of sp³-hybridized carbons (Fsp3) is 0.632. The molecule has 132 valence electrons. The molecular weight excluding hydrogens is 309 g/mol. The molecule has 1 aliphatic heterocycles. The van der Waals surface area contributed by atoms with E-state index in [4.69, 9.17) is 4.74 Å². The number of rotatable bonds is 5. The second-order valence-electron chi connectivity index (χ2n) is 7.33. The highest BCUT2D eigenvalue weighted by Crippen LogP contribution is 2.42. The van der Waals surface area contributed by atoms with Crippen molar-refractivity contribution in [1.82, 2.24) is 4.90 Å². The van der Waals surface area contributed by atoms with Crippen molar-refractivity contribution in [3.05, 3.63) is 29.6 Å². The Morgan fingerprint density at radius 1 is 1.33 bits per heavy atom. The number of piperidine rings is 1. The molecule has 1 N–H and O–H groups in total. The summed E-state index contributed by atoms with van der Waals surface area (Å²) >= 11 is 0. The highest BCUT2D eigenvalue weighted by molar-refractivity contribution is 5.77. The molecule has 5 heteroatoms. The van der Waals surface area contributed by atoms with E-state index in [9.17, 15) is 14.3 Å². The number of benzene rings is 1. The predicted octanol–water partition coefficient (Wildman–Crippen LogP) is 3.09. The Morgan fingerprint density at radius 3 is 2.58 bits per heavy atom. The molecular formula is C19H26FNO3. The van der Waals surface area contributed by atoms with Crippen molar-refractivity contribution in [3.63, 3.8) is 0 Å². The van der Waals surface area contributed by atoms with Gasteiger partial charge in [0.05, 0.1) is 19.1 Å². The second kappa shape index (κ2) is 6.71. The van der Waals surface area contributed by atoms with Crippen LogP contribution in [0.3, 0.4) is 0 Å². The summed E-state index contributed by atoms with van der Waals surface area (Å²) in [5, 5.41) is 10.4. The maximum Gasteiger partial charge on any atom is 0.225 e. The quantitative estimate of drug-likeness (QED) is 0.899. The SMILES string of the molecule is COc1cccc(C2CCN(C(=O)CC(C)(O)C3CC3)CC2)c1F. The van der Waals surface area contributed by atoms with Gasteiger partial charge in [-0.2, -0.15) is 0 Å². The Labute approximate surface area is 142 Å². The molecule has 3 rings (SSSR count). The molecule has 1 atom stereocenters. The van der Waals surface area contributed by atoms with Crippen molar-refractivity contribution < 1.29 is 19.0 Å². The third kappa shape index (κ3) is 3.56. The minimum absolute atomic E-state index is 0.0106. The standard InChI is InChI=1S/C19H26FNO3/c1-19(23,14-6-7-14)12-17(22)21-10-8-13(9-11-21)15-4-3-5-16(24-2)18(15)20/h3-5,13-14,23H,6-12H2,1-2H3. The van der Waals surface area contributed by atoms with Crippen LogP contribution in [0, 0.1) is 11.7 Å². The number of hydrogen-bond acceptors (Lipinski definition) is 3. The van der Waals surface area contributed by atoms with Gasteiger partial charge in [0.2, 0.25) is 5.91 Å². The van der Waals surface area contributed by atoms with Gasteiger partial charge in [-0.1, -0.05) is 12.1 Å². The third-order valence-corrected chi connectivity index (χ3v) is 5.47. The lowest BCUT2D eigenvalue weighted by Crippen LogP contribution is -2.42. The molecule has 1 unspecified atom stereocenters.